The quantitative estimate of drug-likeness (QED) is 0.699. The van der Waals surface area contributed by atoms with Crippen molar-refractivity contribution >= 4 is 18.4 Å². The van der Waals surface area contributed by atoms with Gasteiger partial charge in [-0.1, -0.05) is 0 Å². The Balaban J connectivity index is 2.48. The maximum atomic E-state index is 10.0. The van der Waals surface area contributed by atoms with Crippen LogP contribution in [0.5, 0.6) is 0 Å². The number of nitrogens with zero attached hydrogens (tertiary/aromatic N) is 1. The van der Waals surface area contributed by atoms with Crippen molar-refractivity contribution in [3.8, 4) is 17.2 Å². The van der Waals surface area contributed by atoms with Gasteiger partial charge >= 0.3 is 119 Å². The SMILES string of the molecule is [CH3][Sn]([CH3])([CH3])[C]1(C#N)c2ccccc2-c2ccccc21. The molecule has 1 aliphatic carbocycles. The Labute approximate surface area is 118 Å². The summed E-state index contributed by atoms with van der Waals surface area (Å²) in [5.74, 6) is 0. The summed E-state index contributed by atoms with van der Waals surface area (Å²) in [6.07, 6.45) is 0. The van der Waals surface area contributed by atoms with Gasteiger partial charge in [-0.3, -0.25) is 0 Å². The van der Waals surface area contributed by atoms with E-state index in [1.807, 2.05) is 0 Å². The van der Waals surface area contributed by atoms with E-state index in [1.54, 1.807) is 0 Å². The summed E-state index contributed by atoms with van der Waals surface area (Å²) in [6, 6.07) is 19.6. The first-order valence-electron chi connectivity index (χ1n) is 6.63. The van der Waals surface area contributed by atoms with Crippen LogP contribution in [0.3, 0.4) is 0 Å². The van der Waals surface area contributed by atoms with E-state index < -0.39 is 18.4 Å². The van der Waals surface area contributed by atoms with Crippen LogP contribution in [0, 0.1) is 11.3 Å². The van der Waals surface area contributed by atoms with E-state index in [0.29, 0.717) is 0 Å². The van der Waals surface area contributed by atoms with Crippen molar-refractivity contribution < 1.29 is 0 Å². The van der Waals surface area contributed by atoms with Crippen molar-refractivity contribution in [3.63, 3.8) is 0 Å². The van der Waals surface area contributed by atoms with Gasteiger partial charge in [-0.2, -0.15) is 0 Å². The third-order valence-electron chi connectivity index (χ3n) is 4.25. The molecular weight excluding hydrogens is 337 g/mol. The monoisotopic (exact) mass is 355 g/mol. The van der Waals surface area contributed by atoms with Crippen LogP contribution in [0.15, 0.2) is 48.5 Å². The number of rotatable bonds is 1. The summed E-state index contributed by atoms with van der Waals surface area (Å²) in [6.45, 7) is 0. The molecule has 1 aliphatic rings. The number of fused-ring (bicyclic) bond motifs is 3. The molecule has 0 saturated carbocycles. The molecule has 2 aromatic rings. The fraction of sp³-hybridized carbons (Fsp3) is 0.235. The predicted molar refractivity (Wildman–Crippen MR) is 81.6 cm³/mol. The normalized spacial score (nSPS) is 15.5. The zero-order valence-electron chi connectivity index (χ0n) is 11.6. The number of benzene rings is 2. The molecule has 0 unspecified atom stereocenters. The van der Waals surface area contributed by atoms with Gasteiger partial charge in [0.2, 0.25) is 0 Å². The van der Waals surface area contributed by atoms with E-state index >= 15 is 0 Å². The standard InChI is InChI=1S/C14H8N.3CH3.Sn/c15-9-14-12-7-3-1-5-10(12)11-6-2-4-8-13(11)14;;;;/h1-8H;3*1H3;. The molecule has 0 radical (unpaired) electrons. The van der Waals surface area contributed by atoms with Gasteiger partial charge in [0.05, 0.1) is 0 Å². The molecule has 1 nitrogen and oxygen atoms in total. The van der Waals surface area contributed by atoms with Gasteiger partial charge in [-0.15, -0.1) is 0 Å². The molecule has 0 aliphatic heterocycles. The molecule has 0 heterocycles. The molecule has 0 N–H and O–H groups in total. The first kappa shape index (κ1) is 12.7. The topological polar surface area (TPSA) is 23.8 Å². The van der Waals surface area contributed by atoms with Crippen LogP contribution in [-0.4, -0.2) is 18.4 Å². The molecule has 19 heavy (non-hydrogen) atoms. The molecule has 2 aromatic carbocycles. The van der Waals surface area contributed by atoms with E-state index in [9.17, 15) is 5.26 Å². The molecule has 2 heteroatoms. The zero-order valence-corrected chi connectivity index (χ0v) is 14.4. The Morgan fingerprint density at radius 3 is 1.63 bits per heavy atom. The third kappa shape index (κ3) is 1.53. The van der Waals surface area contributed by atoms with Crippen LogP contribution in [0.4, 0.5) is 0 Å². The molecular formula is C17H17NSn. The predicted octanol–water partition coefficient (Wildman–Crippen LogP) is 4.35. The second kappa shape index (κ2) is 4.11. The van der Waals surface area contributed by atoms with Crippen LogP contribution in [-0.2, 0) is 3.43 Å². The van der Waals surface area contributed by atoms with Crippen LogP contribution in [0.25, 0.3) is 11.1 Å². The average Bonchev–Trinajstić information content (AvgIpc) is 2.69. The second-order valence-corrected chi connectivity index (χ2v) is 21.2. The Morgan fingerprint density at radius 1 is 0.842 bits per heavy atom. The number of nitriles is 1. The summed E-state index contributed by atoms with van der Waals surface area (Å²) in [7, 11) is 0. The molecule has 0 atom stereocenters. The Morgan fingerprint density at radius 2 is 1.26 bits per heavy atom. The van der Waals surface area contributed by atoms with Gasteiger partial charge in [0, 0.05) is 0 Å². The number of hydrogen-bond acceptors (Lipinski definition) is 1. The molecule has 0 bridgehead atoms. The molecule has 94 valence electrons. The molecule has 0 aromatic heterocycles. The number of hydrogen-bond donors (Lipinski definition) is 0. The van der Waals surface area contributed by atoms with E-state index in [0.717, 1.165) is 0 Å². The Bertz CT molecular complexity index is 643. The van der Waals surface area contributed by atoms with Gasteiger partial charge in [0.1, 0.15) is 0 Å². The maximum absolute atomic E-state index is 10.0. The average molecular weight is 354 g/mol. The fourth-order valence-electron chi connectivity index (χ4n) is 3.33. The van der Waals surface area contributed by atoms with Gasteiger partial charge in [0.25, 0.3) is 0 Å². The minimum atomic E-state index is -2.55. The summed E-state index contributed by atoms with van der Waals surface area (Å²) in [5, 5.41) is 10.0. The van der Waals surface area contributed by atoms with Crippen LogP contribution < -0.4 is 0 Å². The van der Waals surface area contributed by atoms with Crippen LogP contribution in [0.2, 0.25) is 14.8 Å². The van der Waals surface area contributed by atoms with Crippen molar-refractivity contribution in [2.24, 2.45) is 0 Å². The molecule has 0 spiro atoms. The summed E-state index contributed by atoms with van der Waals surface area (Å²) in [4.78, 5) is 7.07. The zero-order chi connectivity index (χ0) is 13.7. The second-order valence-electron chi connectivity index (χ2n) is 6.20. The molecule has 0 fully saturated rings. The van der Waals surface area contributed by atoms with Crippen molar-refractivity contribution in [1.82, 2.24) is 0 Å². The molecule has 3 rings (SSSR count). The van der Waals surface area contributed by atoms with Crippen molar-refractivity contribution in [3.05, 3.63) is 59.7 Å². The van der Waals surface area contributed by atoms with Crippen molar-refractivity contribution in [1.29, 1.82) is 5.26 Å². The fourth-order valence-corrected chi connectivity index (χ4v) is 10.1. The van der Waals surface area contributed by atoms with Crippen molar-refractivity contribution in [2.75, 3.05) is 0 Å². The summed E-state index contributed by atoms with van der Waals surface area (Å²) >= 11 is -2.55. The minimum absolute atomic E-state index is 0.345. The summed E-state index contributed by atoms with van der Waals surface area (Å²) < 4.78 is -0.345. The Hall–Kier alpha value is -1.27. The van der Waals surface area contributed by atoms with Crippen molar-refractivity contribution in [2.45, 2.75) is 18.2 Å². The van der Waals surface area contributed by atoms with Gasteiger partial charge < -0.3 is 0 Å². The summed E-state index contributed by atoms with van der Waals surface area (Å²) in [5.41, 5.74) is 4.99. The first-order valence-corrected chi connectivity index (χ1v) is 16.6. The first-order chi connectivity index (χ1) is 9.02. The third-order valence-corrected chi connectivity index (χ3v) is 12.5. The molecule has 0 amide bonds. The van der Waals surface area contributed by atoms with Gasteiger partial charge in [-0.05, 0) is 0 Å². The van der Waals surface area contributed by atoms with E-state index in [4.69, 9.17) is 0 Å². The van der Waals surface area contributed by atoms with E-state index in [1.165, 1.54) is 22.3 Å². The van der Waals surface area contributed by atoms with Gasteiger partial charge in [0.15, 0.2) is 0 Å². The van der Waals surface area contributed by atoms with Gasteiger partial charge in [-0.25, -0.2) is 0 Å². The van der Waals surface area contributed by atoms with Crippen LogP contribution in [0.1, 0.15) is 11.1 Å². The van der Waals surface area contributed by atoms with E-state index in [-0.39, 0.29) is 3.43 Å². The van der Waals surface area contributed by atoms with Crippen LogP contribution >= 0.6 is 0 Å². The molecule has 0 saturated heterocycles. The Kier molecular flexibility index (Phi) is 2.76. The van der Waals surface area contributed by atoms with E-state index in [2.05, 4.69) is 69.4 Å².